The number of carbonyl (C=O) groups is 2. The molecule has 0 saturated carbocycles. The number of nitrogens with zero attached hydrogens (tertiary/aromatic N) is 1. The number of aliphatic imine (C=N–C) groups is 1. The third-order valence-electron chi connectivity index (χ3n) is 4.86. The fraction of sp³-hybridized carbons (Fsp3) is 0.286. The summed E-state index contributed by atoms with van der Waals surface area (Å²) in [4.78, 5) is 28.7. The van der Waals surface area contributed by atoms with E-state index in [0.29, 0.717) is 23.4 Å². The van der Waals surface area contributed by atoms with Gasteiger partial charge in [-0.05, 0) is 42.3 Å². The number of sulfonamides is 1. The minimum atomic E-state index is -3.68. The first-order chi connectivity index (χ1) is 14.2. The van der Waals surface area contributed by atoms with Gasteiger partial charge in [0.1, 0.15) is 11.9 Å². The van der Waals surface area contributed by atoms with Crippen molar-refractivity contribution in [2.45, 2.75) is 38.1 Å². The van der Waals surface area contributed by atoms with Crippen LogP contribution in [-0.4, -0.2) is 32.1 Å². The van der Waals surface area contributed by atoms with Gasteiger partial charge in [0, 0.05) is 23.9 Å². The Labute approximate surface area is 175 Å². The van der Waals surface area contributed by atoms with Crippen LogP contribution >= 0.6 is 0 Å². The Morgan fingerprint density at radius 3 is 2.23 bits per heavy atom. The van der Waals surface area contributed by atoms with Gasteiger partial charge in [0.25, 0.3) is 10.0 Å². The van der Waals surface area contributed by atoms with Crippen LogP contribution in [0.3, 0.4) is 0 Å². The van der Waals surface area contributed by atoms with Crippen molar-refractivity contribution in [1.82, 2.24) is 4.72 Å². The second-order valence-electron chi connectivity index (χ2n) is 7.16. The van der Waals surface area contributed by atoms with Crippen molar-refractivity contribution >= 4 is 39.0 Å². The van der Waals surface area contributed by atoms with Crippen LogP contribution in [0.1, 0.15) is 32.8 Å². The van der Waals surface area contributed by atoms with Crippen LogP contribution in [-0.2, 0) is 19.6 Å². The number of fused-ring (bicyclic) bond motifs is 1. The molecule has 1 aliphatic rings. The Morgan fingerprint density at radius 1 is 1.03 bits per heavy atom. The lowest BCUT2D eigenvalue weighted by Gasteiger charge is -2.19. The summed E-state index contributed by atoms with van der Waals surface area (Å²) in [6, 6.07) is 12.5. The lowest BCUT2D eigenvalue weighted by molar-refractivity contribution is -0.118. The van der Waals surface area contributed by atoms with Gasteiger partial charge in [-0.2, -0.15) is 0 Å². The SMILES string of the molecule is CC[C@H](C)[C@H](N=C1NS(=O)(=O)c2ccccc21)C(=O)Nc1ccc(NC(C)=O)cc1. The maximum absolute atomic E-state index is 13.0. The molecule has 2 amide bonds. The van der Waals surface area contributed by atoms with E-state index in [0.717, 1.165) is 0 Å². The first-order valence-corrected chi connectivity index (χ1v) is 11.1. The molecular weight excluding hydrogens is 404 g/mol. The van der Waals surface area contributed by atoms with Gasteiger partial charge in [-0.1, -0.05) is 32.4 Å². The van der Waals surface area contributed by atoms with E-state index in [4.69, 9.17) is 0 Å². The molecule has 0 aromatic heterocycles. The Bertz CT molecular complexity index is 1090. The molecular formula is C21H24N4O4S. The van der Waals surface area contributed by atoms with Crippen molar-refractivity contribution in [2.24, 2.45) is 10.9 Å². The van der Waals surface area contributed by atoms with Crippen LogP contribution in [0.5, 0.6) is 0 Å². The molecule has 1 aliphatic heterocycles. The highest BCUT2D eigenvalue weighted by Crippen LogP contribution is 2.24. The maximum atomic E-state index is 13.0. The predicted octanol–water partition coefficient (Wildman–Crippen LogP) is 2.74. The topological polar surface area (TPSA) is 117 Å². The second-order valence-corrected chi connectivity index (χ2v) is 8.81. The van der Waals surface area contributed by atoms with Gasteiger partial charge in [0.2, 0.25) is 11.8 Å². The van der Waals surface area contributed by atoms with Gasteiger partial charge in [-0.25, -0.2) is 8.42 Å². The molecule has 30 heavy (non-hydrogen) atoms. The Kier molecular flexibility index (Phi) is 6.21. The molecule has 1 heterocycles. The summed E-state index contributed by atoms with van der Waals surface area (Å²) in [6.45, 7) is 5.25. The lowest BCUT2D eigenvalue weighted by Crippen LogP contribution is -2.34. The molecule has 2 aromatic rings. The summed E-state index contributed by atoms with van der Waals surface area (Å²) in [5.74, 6) is -0.466. The molecule has 0 spiro atoms. The van der Waals surface area contributed by atoms with Gasteiger partial charge in [-0.3, -0.25) is 19.3 Å². The molecule has 0 fully saturated rings. The van der Waals surface area contributed by atoms with Crippen LogP contribution in [0.15, 0.2) is 58.4 Å². The van der Waals surface area contributed by atoms with Crippen molar-refractivity contribution in [3.05, 3.63) is 54.1 Å². The average Bonchev–Trinajstić information content (AvgIpc) is 2.97. The summed E-state index contributed by atoms with van der Waals surface area (Å²) in [6.07, 6.45) is 0.685. The molecule has 0 aliphatic carbocycles. The number of hydrogen-bond acceptors (Lipinski definition) is 5. The smallest absolute Gasteiger partial charge is 0.263 e. The zero-order valence-electron chi connectivity index (χ0n) is 17.0. The normalized spacial score (nSPS) is 17.5. The fourth-order valence-corrected chi connectivity index (χ4v) is 4.33. The lowest BCUT2D eigenvalue weighted by atomic mass is 9.98. The maximum Gasteiger partial charge on any atom is 0.263 e. The highest BCUT2D eigenvalue weighted by Gasteiger charge is 2.33. The second kappa shape index (κ2) is 8.66. The van der Waals surface area contributed by atoms with Crippen molar-refractivity contribution < 1.29 is 18.0 Å². The molecule has 0 unspecified atom stereocenters. The van der Waals surface area contributed by atoms with E-state index in [2.05, 4.69) is 20.3 Å². The summed E-state index contributed by atoms with van der Waals surface area (Å²) < 4.78 is 27.1. The Hall–Kier alpha value is -3.20. The molecule has 8 nitrogen and oxygen atoms in total. The number of amidine groups is 1. The number of hydrogen-bond donors (Lipinski definition) is 3. The zero-order chi connectivity index (χ0) is 21.9. The number of benzene rings is 2. The molecule has 0 bridgehead atoms. The van der Waals surface area contributed by atoms with Crippen LogP contribution in [0.25, 0.3) is 0 Å². The van der Waals surface area contributed by atoms with Gasteiger partial charge >= 0.3 is 0 Å². The highest BCUT2D eigenvalue weighted by molar-refractivity contribution is 7.90. The number of carbonyl (C=O) groups excluding carboxylic acids is 2. The molecule has 0 saturated heterocycles. The highest BCUT2D eigenvalue weighted by atomic mass is 32.2. The van der Waals surface area contributed by atoms with Crippen molar-refractivity contribution in [3.8, 4) is 0 Å². The zero-order valence-corrected chi connectivity index (χ0v) is 17.8. The van der Waals surface area contributed by atoms with Gasteiger partial charge in [0.05, 0.1) is 4.90 Å². The fourth-order valence-electron chi connectivity index (χ4n) is 3.09. The van der Waals surface area contributed by atoms with Gasteiger partial charge < -0.3 is 10.6 Å². The molecule has 0 radical (unpaired) electrons. The molecule has 2 aromatic carbocycles. The molecule has 9 heteroatoms. The average molecular weight is 429 g/mol. The largest absolute Gasteiger partial charge is 0.326 e. The molecule has 2 atom stereocenters. The molecule has 3 N–H and O–H groups in total. The van der Waals surface area contributed by atoms with Gasteiger partial charge in [0.15, 0.2) is 0 Å². The van der Waals surface area contributed by atoms with Crippen molar-refractivity contribution in [1.29, 1.82) is 0 Å². The van der Waals surface area contributed by atoms with Crippen LogP contribution in [0.4, 0.5) is 11.4 Å². The molecule has 158 valence electrons. The number of anilines is 2. The Morgan fingerprint density at radius 2 is 1.63 bits per heavy atom. The van der Waals surface area contributed by atoms with E-state index >= 15 is 0 Å². The quantitative estimate of drug-likeness (QED) is 0.656. The third-order valence-corrected chi connectivity index (χ3v) is 6.25. The van der Waals surface area contributed by atoms with Crippen molar-refractivity contribution in [3.63, 3.8) is 0 Å². The first-order valence-electron chi connectivity index (χ1n) is 9.60. The monoisotopic (exact) mass is 428 g/mol. The number of nitrogens with one attached hydrogen (secondary N) is 3. The third kappa shape index (κ3) is 4.68. The molecule has 3 rings (SSSR count). The van der Waals surface area contributed by atoms with E-state index in [9.17, 15) is 18.0 Å². The van der Waals surface area contributed by atoms with E-state index in [1.807, 2.05) is 13.8 Å². The summed E-state index contributed by atoms with van der Waals surface area (Å²) >= 11 is 0. The number of amides is 2. The van der Waals surface area contributed by atoms with Gasteiger partial charge in [-0.15, -0.1) is 0 Å². The standard InChI is InChI=1S/C21H24N4O4S/c1-4-13(2)19(21(27)23-16-11-9-15(10-12-16)22-14(3)26)24-20-17-7-5-6-8-18(17)30(28,29)25-20/h5-13,19H,4H2,1-3H3,(H,22,26)(H,23,27)(H,24,25)/t13-,19-/m0/s1. The van der Waals surface area contributed by atoms with Crippen LogP contribution < -0.4 is 15.4 Å². The van der Waals surface area contributed by atoms with E-state index in [-0.39, 0.29) is 28.5 Å². The van der Waals surface area contributed by atoms with E-state index < -0.39 is 16.1 Å². The van der Waals surface area contributed by atoms with Crippen LogP contribution in [0, 0.1) is 5.92 Å². The summed E-state index contributed by atoms with van der Waals surface area (Å²) in [5.41, 5.74) is 1.63. The predicted molar refractivity (Wildman–Crippen MR) is 116 cm³/mol. The Balaban J connectivity index is 1.86. The first kappa shape index (κ1) is 21.5. The minimum absolute atomic E-state index is 0.117. The van der Waals surface area contributed by atoms with E-state index in [1.165, 1.54) is 13.0 Å². The van der Waals surface area contributed by atoms with E-state index in [1.54, 1.807) is 42.5 Å². The summed E-state index contributed by atoms with van der Waals surface area (Å²) in [7, 11) is -3.68. The van der Waals surface area contributed by atoms with Crippen molar-refractivity contribution in [2.75, 3.05) is 10.6 Å². The number of rotatable bonds is 6. The minimum Gasteiger partial charge on any atom is -0.326 e. The summed E-state index contributed by atoms with van der Waals surface area (Å²) in [5, 5.41) is 5.48. The van der Waals surface area contributed by atoms with Crippen LogP contribution in [0.2, 0.25) is 0 Å².